The van der Waals surface area contributed by atoms with Gasteiger partial charge in [0, 0.05) is 11.8 Å². The van der Waals surface area contributed by atoms with Crippen LogP contribution in [0.1, 0.15) is 50.2 Å². The smallest absolute Gasteiger partial charge is 0.0342 e. The molecule has 0 aliphatic heterocycles. The van der Waals surface area contributed by atoms with E-state index in [1.54, 1.807) is 0 Å². The summed E-state index contributed by atoms with van der Waals surface area (Å²) in [6.07, 6.45) is 11.7. The predicted octanol–water partition coefficient (Wildman–Crippen LogP) is 6.47. The van der Waals surface area contributed by atoms with Crippen LogP contribution in [0.25, 0.3) is 0 Å². The maximum absolute atomic E-state index is 4.09. The first-order chi connectivity index (χ1) is 10.7. The van der Waals surface area contributed by atoms with Crippen molar-refractivity contribution in [1.29, 1.82) is 0 Å². The molecule has 0 heterocycles. The van der Waals surface area contributed by atoms with Crippen LogP contribution in [0, 0.1) is 0 Å². The summed E-state index contributed by atoms with van der Waals surface area (Å²) < 4.78 is 0. The van der Waals surface area contributed by atoms with Crippen LogP contribution >= 0.6 is 0 Å². The monoisotopic (exact) mass is 290 g/mol. The van der Waals surface area contributed by atoms with Gasteiger partial charge in [0.15, 0.2) is 0 Å². The number of hydrogen-bond donors (Lipinski definition) is 0. The molecule has 2 unspecified atom stereocenters. The lowest BCUT2D eigenvalue weighted by molar-refractivity contribution is 0.796. The first-order valence-corrected chi connectivity index (χ1v) is 8.10. The van der Waals surface area contributed by atoms with E-state index >= 15 is 0 Å². The van der Waals surface area contributed by atoms with Crippen molar-refractivity contribution < 1.29 is 0 Å². The molecule has 0 saturated carbocycles. The van der Waals surface area contributed by atoms with E-state index in [9.17, 15) is 0 Å². The molecule has 2 atom stereocenters. The first-order valence-electron chi connectivity index (χ1n) is 8.10. The molecule has 1 aromatic rings. The third-order valence-corrected chi connectivity index (χ3v) is 4.46. The highest BCUT2D eigenvalue weighted by Crippen LogP contribution is 2.46. The summed E-state index contributed by atoms with van der Waals surface area (Å²) in [4.78, 5) is 0. The fraction of sp³-hybridized carbons (Fsp3) is 0.273. The van der Waals surface area contributed by atoms with Crippen molar-refractivity contribution >= 4 is 0 Å². The molecule has 0 fully saturated rings. The topological polar surface area (TPSA) is 0 Å². The number of fused-ring (bicyclic) bond motifs is 1. The van der Waals surface area contributed by atoms with E-state index in [0.29, 0.717) is 5.92 Å². The molecular weight excluding hydrogens is 264 g/mol. The molecular formula is C22H26. The van der Waals surface area contributed by atoms with E-state index in [1.165, 1.54) is 27.8 Å². The Hall–Kier alpha value is -2.08. The first kappa shape index (κ1) is 16.3. The summed E-state index contributed by atoms with van der Waals surface area (Å²) in [7, 11) is 0. The lowest BCUT2D eigenvalue weighted by Gasteiger charge is -2.34. The Kier molecular flexibility index (Phi) is 5.38. The zero-order valence-corrected chi connectivity index (χ0v) is 14.0. The van der Waals surface area contributed by atoms with Gasteiger partial charge in [-0.2, -0.15) is 0 Å². The average molecular weight is 290 g/mol. The van der Waals surface area contributed by atoms with Crippen molar-refractivity contribution in [2.45, 2.75) is 39.0 Å². The molecule has 1 aliphatic rings. The Morgan fingerprint density at radius 3 is 2.27 bits per heavy atom. The van der Waals surface area contributed by atoms with Crippen LogP contribution in [0.5, 0.6) is 0 Å². The van der Waals surface area contributed by atoms with E-state index in [-0.39, 0.29) is 5.92 Å². The lowest BCUT2D eigenvalue weighted by Crippen LogP contribution is -2.17. The quantitative estimate of drug-likeness (QED) is 0.545. The fourth-order valence-corrected chi connectivity index (χ4v) is 3.52. The Morgan fingerprint density at radius 2 is 1.73 bits per heavy atom. The standard InChI is InChI=1S/C22H26/c1-6-12-17(13-7-2)22-19(9-4)18(8-3)16(5)20-14-10-11-15-21(20)22/h6,8-16,22H,3-4,7H2,1-2,5H3/b12-6-,17-13+. The van der Waals surface area contributed by atoms with E-state index in [0.717, 1.165) is 6.42 Å². The molecule has 0 radical (unpaired) electrons. The fourth-order valence-electron chi connectivity index (χ4n) is 3.52. The van der Waals surface area contributed by atoms with Crippen molar-refractivity contribution in [2.75, 3.05) is 0 Å². The van der Waals surface area contributed by atoms with Gasteiger partial charge in [-0.05, 0) is 41.2 Å². The Labute approximate surface area is 135 Å². The molecule has 0 heteroatoms. The van der Waals surface area contributed by atoms with Gasteiger partial charge in [0.1, 0.15) is 0 Å². The van der Waals surface area contributed by atoms with E-state index in [4.69, 9.17) is 0 Å². The van der Waals surface area contributed by atoms with Gasteiger partial charge < -0.3 is 0 Å². The molecule has 22 heavy (non-hydrogen) atoms. The maximum Gasteiger partial charge on any atom is 0.0342 e. The summed E-state index contributed by atoms with van der Waals surface area (Å²) in [5.41, 5.74) is 6.73. The Bertz CT molecular complexity index is 652. The third kappa shape index (κ3) is 2.78. The Morgan fingerprint density at radius 1 is 1.09 bits per heavy atom. The second kappa shape index (κ2) is 7.26. The molecule has 0 bridgehead atoms. The normalized spacial score (nSPS) is 21.9. The molecule has 2 rings (SSSR count). The minimum absolute atomic E-state index is 0.258. The van der Waals surface area contributed by atoms with Gasteiger partial charge in [-0.25, -0.2) is 0 Å². The second-order valence-electron chi connectivity index (χ2n) is 5.71. The van der Waals surface area contributed by atoms with Crippen LogP contribution in [-0.2, 0) is 0 Å². The second-order valence-corrected chi connectivity index (χ2v) is 5.71. The highest BCUT2D eigenvalue weighted by molar-refractivity contribution is 5.59. The molecule has 0 nitrogen and oxygen atoms in total. The van der Waals surface area contributed by atoms with Gasteiger partial charge in [0.25, 0.3) is 0 Å². The third-order valence-electron chi connectivity index (χ3n) is 4.46. The van der Waals surface area contributed by atoms with Crippen LogP contribution in [-0.4, -0.2) is 0 Å². The zero-order valence-electron chi connectivity index (χ0n) is 14.0. The number of rotatable bonds is 5. The lowest BCUT2D eigenvalue weighted by atomic mass is 9.70. The SMILES string of the molecule is C=CC1=C(C=C)C(C(/C=C\C)=C/CC)c2ccccc2C1C. The van der Waals surface area contributed by atoms with Gasteiger partial charge in [-0.1, -0.05) is 81.7 Å². The Balaban J connectivity index is 2.75. The number of hydrogen-bond acceptors (Lipinski definition) is 0. The molecule has 114 valence electrons. The molecule has 0 N–H and O–H groups in total. The van der Waals surface area contributed by atoms with E-state index in [2.05, 4.69) is 76.4 Å². The minimum atomic E-state index is 0.258. The van der Waals surface area contributed by atoms with Crippen molar-refractivity contribution in [3.63, 3.8) is 0 Å². The van der Waals surface area contributed by atoms with Gasteiger partial charge in [-0.3, -0.25) is 0 Å². The molecule has 0 aromatic heterocycles. The highest BCUT2D eigenvalue weighted by Gasteiger charge is 2.30. The van der Waals surface area contributed by atoms with Crippen molar-refractivity contribution in [3.8, 4) is 0 Å². The highest BCUT2D eigenvalue weighted by atomic mass is 14.3. The summed E-state index contributed by atoms with van der Waals surface area (Å²) in [5.74, 6) is 0.625. The van der Waals surface area contributed by atoms with Crippen LogP contribution in [0.3, 0.4) is 0 Å². The van der Waals surface area contributed by atoms with Crippen LogP contribution in [0.4, 0.5) is 0 Å². The largest absolute Gasteiger partial charge is 0.0988 e. The van der Waals surface area contributed by atoms with Crippen molar-refractivity contribution in [2.24, 2.45) is 0 Å². The molecule has 0 saturated heterocycles. The average Bonchev–Trinajstić information content (AvgIpc) is 2.54. The van der Waals surface area contributed by atoms with Gasteiger partial charge in [0.05, 0.1) is 0 Å². The molecule has 0 amide bonds. The zero-order chi connectivity index (χ0) is 16.1. The van der Waals surface area contributed by atoms with Crippen LogP contribution in [0.15, 0.2) is 84.5 Å². The summed E-state index contributed by atoms with van der Waals surface area (Å²) >= 11 is 0. The number of allylic oxidation sites excluding steroid dienone is 8. The summed E-state index contributed by atoms with van der Waals surface area (Å²) in [5, 5.41) is 0. The van der Waals surface area contributed by atoms with Crippen LogP contribution in [0.2, 0.25) is 0 Å². The van der Waals surface area contributed by atoms with Crippen molar-refractivity contribution in [1.82, 2.24) is 0 Å². The van der Waals surface area contributed by atoms with Crippen LogP contribution < -0.4 is 0 Å². The maximum atomic E-state index is 4.09. The number of benzene rings is 1. The van der Waals surface area contributed by atoms with Gasteiger partial charge in [-0.15, -0.1) is 0 Å². The molecule has 1 aromatic carbocycles. The predicted molar refractivity (Wildman–Crippen MR) is 98.2 cm³/mol. The minimum Gasteiger partial charge on any atom is -0.0988 e. The molecule has 1 aliphatic carbocycles. The summed E-state index contributed by atoms with van der Waals surface area (Å²) in [6, 6.07) is 8.77. The van der Waals surface area contributed by atoms with E-state index in [1.807, 2.05) is 12.2 Å². The molecule has 0 spiro atoms. The van der Waals surface area contributed by atoms with Crippen molar-refractivity contribution in [3.05, 3.63) is 95.6 Å². The van der Waals surface area contributed by atoms with Gasteiger partial charge >= 0.3 is 0 Å². The van der Waals surface area contributed by atoms with Gasteiger partial charge in [0.2, 0.25) is 0 Å². The van der Waals surface area contributed by atoms with E-state index < -0.39 is 0 Å². The summed E-state index contributed by atoms with van der Waals surface area (Å²) in [6.45, 7) is 14.7.